The minimum Gasteiger partial charge on any atom is -0.464 e. The van der Waals surface area contributed by atoms with Gasteiger partial charge in [0, 0.05) is 13.1 Å². The second-order valence-electron chi connectivity index (χ2n) is 4.90. The van der Waals surface area contributed by atoms with Crippen LogP contribution in [-0.4, -0.2) is 28.8 Å². The number of nitrogens with zero attached hydrogens (tertiary/aromatic N) is 2. The van der Waals surface area contributed by atoms with E-state index in [1.165, 1.54) is 17.9 Å². The van der Waals surface area contributed by atoms with Crippen molar-refractivity contribution in [1.82, 2.24) is 9.78 Å². The summed E-state index contributed by atoms with van der Waals surface area (Å²) in [5.41, 5.74) is 0.527. The average molecular weight is 310 g/mol. The van der Waals surface area contributed by atoms with Crippen molar-refractivity contribution in [3.8, 4) is 5.88 Å². The molecule has 6 heteroatoms. The van der Waals surface area contributed by atoms with Crippen molar-refractivity contribution in [3.63, 3.8) is 0 Å². The standard InChI is InChI=1S/C17H14N2O4/c1-19-15(10-14(18-19)17(21)22-2)23-16(20)13-9-5-7-11-6-3-4-8-12(11)13/h3-10H,1-2H3. The molecule has 0 atom stereocenters. The zero-order valence-electron chi connectivity index (χ0n) is 12.6. The van der Waals surface area contributed by atoms with E-state index < -0.39 is 11.9 Å². The summed E-state index contributed by atoms with van der Waals surface area (Å²) in [5.74, 6) is -0.933. The predicted molar refractivity (Wildman–Crippen MR) is 83.5 cm³/mol. The zero-order valence-corrected chi connectivity index (χ0v) is 12.6. The first-order valence-corrected chi connectivity index (χ1v) is 6.92. The van der Waals surface area contributed by atoms with Gasteiger partial charge in [-0.3, -0.25) is 0 Å². The highest BCUT2D eigenvalue weighted by atomic mass is 16.5. The molecule has 0 radical (unpaired) electrons. The van der Waals surface area contributed by atoms with Gasteiger partial charge in [-0.05, 0) is 16.8 Å². The van der Waals surface area contributed by atoms with Crippen LogP contribution < -0.4 is 4.74 Å². The summed E-state index contributed by atoms with van der Waals surface area (Å²) in [4.78, 5) is 23.9. The number of rotatable bonds is 3. The molecule has 3 rings (SSSR count). The van der Waals surface area contributed by atoms with E-state index in [0.717, 1.165) is 10.8 Å². The maximum Gasteiger partial charge on any atom is 0.358 e. The van der Waals surface area contributed by atoms with Gasteiger partial charge in [0.2, 0.25) is 5.88 Å². The third kappa shape index (κ3) is 2.78. The summed E-state index contributed by atoms with van der Waals surface area (Å²) < 4.78 is 11.3. The molecule has 23 heavy (non-hydrogen) atoms. The normalized spacial score (nSPS) is 10.5. The number of methoxy groups -OCH3 is 1. The van der Waals surface area contributed by atoms with Gasteiger partial charge in [0.05, 0.1) is 12.7 Å². The second kappa shape index (κ2) is 5.92. The van der Waals surface area contributed by atoms with Crippen LogP contribution in [0.25, 0.3) is 10.8 Å². The van der Waals surface area contributed by atoms with Gasteiger partial charge in [0.25, 0.3) is 0 Å². The van der Waals surface area contributed by atoms with Crippen LogP contribution in [0.5, 0.6) is 5.88 Å². The van der Waals surface area contributed by atoms with E-state index in [4.69, 9.17) is 4.74 Å². The summed E-state index contributed by atoms with van der Waals surface area (Å²) in [5, 5.41) is 5.70. The van der Waals surface area contributed by atoms with E-state index >= 15 is 0 Å². The molecule has 0 bridgehead atoms. The Morgan fingerprint density at radius 1 is 1.04 bits per heavy atom. The molecule has 0 spiro atoms. The number of ether oxygens (including phenoxy) is 2. The average Bonchev–Trinajstić information content (AvgIpc) is 2.94. The van der Waals surface area contributed by atoms with E-state index in [1.807, 2.05) is 30.3 Å². The summed E-state index contributed by atoms with van der Waals surface area (Å²) >= 11 is 0. The Kier molecular flexibility index (Phi) is 3.80. The summed E-state index contributed by atoms with van der Waals surface area (Å²) in [7, 11) is 2.84. The Hall–Kier alpha value is -3.15. The van der Waals surface area contributed by atoms with Crippen molar-refractivity contribution in [2.75, 3.05) is 7.11 Å². The maximum atomic E-state index is 12.4. The van der Waals surface area contributed by atoms with Crippen molar-refractivity contribution in [2.24, 2.45) is 7.05 Å². The number of benzene rings is 2. The molecule has 0 amide bonds. The van der Waals surface area contributed by atoms with Gasteiger partial charge >= 0.3 is 11.9 Å². The van der Waals surface area contributed by atoms with Gasteiger partial charge in [0.1, 0.15) is 0 Å². The molecule has 0 aliphatic rings. The molecule has 2 aromatic carbocycles. The predicted octanol–water partition coefficient (Wildman–Crippen LogP) is 2.58. The van der Waals surface area contributed by atoms with Crippen LogP contribution in [0.15, 0.2) is 48.5 Å². The summed E-state index contributed by atoms with van der Waals surface area (Å²) in [6.07, 6.45) is 0. The Morgan fingerprint density at radius 2 is 1.78 bits per heavy atom. The quantitative estimate of drug-likeness (QED) is 0.695. The monoisotopic (exact) mass is 310 g/mol. The molecule has 116 valence electrons. The van der Waals surface area contributed by atoms with Gasteiger partial charge in [-0.15, -0.1) is 0 Å². The van der Waals surface area contributed by atoms with Crippen molar-refractivity contribution in [2.45, 2.75) is 0 Å². The van der Waals surface area contributed by atoms with Crippen LogP contribution in [0.1, 0.15) is 20.8 Å². The van der Waals surface area contributed by atoms with E-state index in [0.29, 0.717) is 5.56 Å². The fourth-order valence-electron chi connectivity index (χ4n) is 2.30. The van der Waals surface area contributed by atoms with E-state index in [2.05, 4.69) is 9.84 Å². The summed E-state index contributed by atoms with van der Waals surface area (Å²) in [6.45, 7) is 0. The first-order valence-electron chi connectivity index (χ1n) is 6.92. The van der Waals surface area contributed by atoms with Crippen LogP contribution in [0.2, 0.25) is 0 Å². The van der Waals surface area contributed by atoms with E-state index in [9.17, 15) is 9.59 Å². The smallest absolute Gasteiger partial charge is 0.358 e. The number of aryl methyl sites for hydroxylation is 1. The van der Waals surface area contributed by atoms with Gasteiger partial charge in [-0.25, -0.2) is 14.3 Å². The van der Waals surface area contributed by atoms with Crippen molar-refractivity contribution >= 4 is 22.7 Å². The largest absolute Gasteiger partial charge is 0.464 e. The number of carbonyl (C=O) groups excluding carboxylic acids is 2. The molecule has 0 fully saturated rings. The minimum atomic E-state index is -0.590. The molecule has 0 unspecified atom stereocenters. The topological polar surface area (TPSA) is 70.4 Å². The lowest BCUT2D eigenvalue weighted by atomic mass is 10.1. The van der Waals surface area contributed by atoms with Gasteiger partial charge < -0.3 is 9.47 Å². The molecule has 0 aliphatic heterocycles. The molecule has 0 saturated carbocycles. The fraction of sp³-hybridized carbons (Fsp3) is 0.118. The van der Waals surface area contributed by atoms with Gasteiger partial charge in [-0.1, -0.05) is 36.4 Å². The highest BCUT2D eigenvalue weighted by Crippen LogP contribution is 2.21. The minimum absolute atomic E-state index is 0.0794. The third-order valence-electron chi connectivity index (χ3n) is 3.44. The first kappa shape index (κ1) is 14.8. The van der Waals surface area contributed by atoms with Crippen LogP contribution in [-0.2, 0) is 11.8 Å². The molecule has 3 aromatic rings. The second-order valence-corrected chi connectivity index (χ2v) is 4.90. The SMILES string of the molecule is COC(=O)c1cc(OC(=O)c2cccc3ccccc23)n(C)n1. The van der Waals surface area contributed by atoms with Gasteiger partial charge in [-0.2, -0.15) is 5.10 Å². The van der Waals surface area contributed by atoms with E-state index in [-0.39, 0.29) is 11.6 Å². The number of carbonyl (C=O) groups is 2. The lowest BCUT2D eigenvalue weighted by Gasteiger charge is -2.06. The highest BCUT2D eigenvalue weighted by Gasteiger charge is 2.18. The van der Waals surface area contributed by atoms with Crippen LogP contribution in [0.4, 0.5) is 0 Å². The molecular weight excluding hydrogens is 296 g/mol. The lowest BCUT2D eigenvalue weighted by Crippen LogP contribution is -2.11. The Labute approximate surface area is 132 Å². The van der Waals surface area contributed by atoms with Crippen LogP contribution >= 0.6 is 0 Å². The number of esters is 2. The third-order valence-corrected chi connectivity index (χ3v) is 3.44. The summed E-state index contributed by atoms with van der Waals surface area (Å²) in [6, 6.07) is 14.3. The molecule has 0 saturated heterocycles. The first-order chi connectivity index (χ1) is 11.1. The number of aromatic nitrogens is 2. The van der Waals surface area contributed by atoms with E-state index in [1.54, 1.807) is 19.2 Å². The van der Waals surface area contributed by atoms with Crippen LogP contribution in [0, 0.1) is 0 Å². The molecular formula is C17H14N2O4. The molecule has 0 aliphatic carbocycles. The number of fused-ring (bicyclic) bond motifs is 1. The van der Waals surface area contributed by atoms with Crippen molar-refractivity contribution in [3.05, 3.63) is 59.8 Å². The van der Waals surface area contributed by atoms with Gasteiger partial charge in [0.15, 0.2) is 5.69 Å². The number of hydrogen-bond donors (Lipinski definition) is 0. The molecule has 1 aromatic heterocycles. The molecule has 0 N–H and O–H groups in total. The molecule has 1 heterocycles. The number of hydrogen-bond acceptors (Lipinski definition) is 5. The Bertz CT molecular complexity index is 893. The maximum absolute atomic E-state index is 12.4. The highest BCUT2D eigenvalue weighted by molar-refractivity contribution is 6.05. The van der Waals surface area contributed by atoms with Crippen molar-refractivity contribution in [1.29, 1.82) is 0 Å². The lowest BCUT2D eigenvalue weighted by molar-refractivity contribution is 0.0592. The zero-order chi connectivity index (χ0) is 16.4. The molecule has 6 nitrogen and oxygen atoms in total. The Balaban J connectivity index is 1.92. The fourth-order valence-corrected chi connectivity index (χ4v) is 2.30. The van der Waals surface area contributed by atoms with Crippen molar-refractivity contribution < 1.29 is 19.1 Å². The Morgan fingerprint density at radius 3 is 2.57 bits per heavy atom. The van der Waals surface area contributed by atoms with Crippen LogP contribution in [0.3, 0.4) is 0 Å².